The highest BCUT2D eigenvalue weighted by atomic mass is 16.5. The molecule has 0 amide bonds. The molecular formula is C9H12N2O4. The Kier molecular flexibility index (Phi) is 4.33. The lowest BCUT2D eigenvalue weighted by molar-refractivity contribution is -0.138. The third kappa shape index (κ3) is 4.80. The van der Waals surface area contributed by atoms with Crippen molar-refractivity contribution in [1.82, 2.24) is 9.97 Å². The summed E-state index contributed by atoms with van der Waals surface area (Å²) in [5.74, 6) is -1.26. The highest BCUT2D eigenvalue weighted by Crippen LogP contribution is 2.04. The zero-order valence-electron chi connectivity index (χ0n) is 8.10. The first-order chi connectivity index (χ1) is 7.18. The van der Waals surface area contributed by atoms with Crippen molar-refractivity contribution in [2.24, 2.45) is 0 Å². The third-order valence-corrected chi connectivity index (χ3v) is 1.71. The smallest absolute Gasteiger partial charge is 0.313 e. The van der Waals surface area contributed by atoms with Crippen LogP contribution in [-0.4, -0.2) is 27.0 Å². The number of aliphatic carboxylic acids is 1. The van der Waals surface area contributed by atoms with Crippen LogP contribution in [0.1, 0.15) is 25.7 Å². The van der Waals surface area contributed by atoms with Crippen molar-refractivity contribution in [2.75, 3.05) is 0 Å². The van der Waals surface area contributed by atoms with Crippen LogP contribution in [0.4, 0.5) is 0 Å². The molecule has 0 fully saturated rings. The number of ether oxygens (including phenoxy) is 1. The van der Waals surface area contributed by atoms with E-state index in [2.05, 4.69) is 9.97 Å². The molecule has 15 heavy (non-hydrogen) atoms. The van der Waals surface area contributed by atoms with Gasteiger partial charge in [-0.15, -0.1) is 0 Å². The van der Waals surface area contributed by atoms with Crippen LogP contribution in [0.15, 0.2) is 12.4 Å². The lowest BCUT2D eigenvalue weighted by Crippen LogP contribution is -2.08. The number of carbonyl (C=O) groups excluding carboxylic acids is 1. The van der Waals surface area contributed by atoms with E-state index in [9.17, 15) is 9.59 Å². The summed E-state index contributed by atoms with van der Waals surface area (Å²) in [6.45, 7) is 0. The fourth-order valence-corrected chi connectivity index (χ4v) is 1.01. The second-order valence-corrected chi connectivity index (χ2v) is 2.97. The molecule has 6 heteroatoms. The molecule has 2 N–H and O–H groups in total. The van der Waals surface area contributed by atoms with Gasteiger partial charge in [-0.05, 0) is 12.8 Å². The molecule has 0 aliphatic rings. The molecule has 1 rings (SSSR count). The number of nitrogens with zero attached hydrogens (tertiary/aromatic N) is 1. The van der Waals surface area contributed by atoms with E-state index in [0.29, 0.717) is 12.8 Å². The van der Waals surface area contributed by atoms with Crippen molar-refractivity contribution < 1.29 is 19.4 Å². The van der Waals surface area contributed by atoms with E-state index in [1.54, 1.807) is 6.20 Å². The van der Waals surface area contributed by atoms with E-state index in [1.165, 1.54) is 6.20 Å². The van der Waals surface area contributed by atoms with E-state index < -0.39 is 11.9 Å². The number of nitrogens with one attached hydrogen (secondary N) is 1. The minimum atomic E-state index is -0.852. The Morgan fingerprint density at radius 2 is 2.13 bits per heavy atom. The van der Waals surface area contributed by atoms with E-state index in [1.807, 2.05) is 0 Å². The number of carbonyl (C=O) groups is 2. The van der Waals surface area contributed by atoms with Gasteiger partial charge in [-0.3, -0.25) is 9.59 Å². The number of hydrogen-bond acceptors (Lipinski definition) is 4. The Bertz CT molecular complexity index is 321. The van der Waals surface area contributed by atoms with Gasteiger partial charge in [0.15, 0.2) is 0 Å². The maximum atomic E-state index is 11.1. The van der Waals surface area contributed by atoms with E-state index in [0.717, 1.165) is 0 Å². The molecule has 1 heterocycles. The molecule has 0 unspecified atom stereocenters. The fourth-order valence-electron chi connectivity index (χ4n) is 1.01. The molecule has 0 spiro atoms. The van der Waals surface area contributed by atoms with Gasteiger partial charge in [-0.1, -0.05) is 0 Å². The zero-order valence-corrected chi connectivity index (χ0v) is 8.10. The second kappa shape index (κ2) is 5.79. The molecule has 0 atom stereocenters. The molecule has 0 saturated carbocycles. The SMILES string of the molecule is O=C(O)CCCCC(=O)Oc1ncc[nH]1. The first-order valence-electron chi connectivity index (χ1n) is 4.60. The standard InChI is InChI=1S/C9H12N2O4/c12-7(13)3-1-2-4-8(14)15-9-10-5-6-11-9/h5-6H,1-4H2,(H,10,11)(H,12,13). The van der Waals surface area contributed by atoms with Gasteiger partial charge in [0.05, 0.1) is 0 Å². The molecule has 0 bridgehead atoms. The van der Waals surface area contributed by atoms with Crippen LogP contribution in [0.3, 0.4) is 0 Å². The molecule has 0 aromatic carbocycles. The number of hydrogen-bond donors (Lipinski definition) is 2. The lowest BCUT2D eigenvalue weighted by atomic mass is 10.2. The summed E-state index contributed by atoms with van der Waals surface area (Å²) in [7, 11) is 0. The Hall–Kier alpha value is -1.85. The first kappa shape index (κ1) is 11.2. The summed E-state index contributed by atoms with van der Waals surface area (Å²) in [6.07, 6.45) is 4.29. The van der Waals surface area contributed by atoms with Gasteiger partial charge >= 0.3 is 17.9 Å². The summed E-state index contributed by atoms with van der Waals surface area (Å²) in [4.78, 5) is 27.6. The molecule has 0 radical (unpaired) electrons. The van der Waals surface area contributed by atoms with Gasteiger partial charge in [0, 0.05) is 25.2 Å². The van der Waals surface area contributed by atoms with E-state index >= 15 is 0 Å². The Balaban J connectivity index is 2.11. The highest BCUT2D eigenvalue weighted by molar-refractivity contribution is 5.71. The Morgan fingerprint density at radius 1 is 1.40 bits per heavy atom. The molecule has 1 aromatic heterocycles. The van der Waals surface area contributed by atoms with Crippen LogP contribution >= 0.6 is 0 Å². The van der Waals surface area contributed by atoms with Crippen LogP contribution in [-0.2, 0) is 9.59 Å². The van der Waals surface area contributed by atoms with Crippen LogP contribution in [0.5, 0.6) is 6.01 Å². The monoisotopic (exact) mass is 212 g/mol. The maximum Gasteiger partial charge on any atom is 0.313 e. The first-order valence-corrected chi connectivity index (χ1v) is 4.60. The number of aromatic nitrogens is 2. The quantitative estimate of drug-likeness (QED) is 0.541. The average molecular weight is 212 g/mol. The third-order valence-electron chi connectivity index (χ3n) is 1.71. The predicted molar refractivity (Wildman–Crippen MR) is 50.3 cm³/mol. The van der Waals surface area contributed by atoms with Crippen LogP contribution in [0.2, 0.25) is 0 Å². The minimum absolute atomic E-state index is 0.0774. The zero-order chi connectivity index (χ0) is 11.1. The molecule has 0 aliphatic carbocycles. The van der Waals surface area contributed by atoms with Crippen LogP contribution in [0.25, 0.3) is 0 Å². The average Bonchev–Trinajstić information content (AvgIpc) is 2.64. The van der Waals surface area contributed by atoms with E-state index in [-0.39, 0.29) is 18.9 Å². The number of carboxylic acids is 1. The minimum Gasteiger partial charge on any atom is -0.481 e. The number of rotatable bonds is 6. The molecule has 0 saturated heterocycles. The van der Waals surface area contributed by atoms with Crippen molar-refractivity contribution in [1.29, 1.82) is 0 Å². The second-order valence-electron chi connectivity index (χ2n) is 2.97. The van der Waals surface area contributed by atoms with Crippen molar-refractivity contribution in [3.63, 3.8) is 0 Å². The molecule has 0 aliphatic heterocycles. The summed E-state index contributed by atoms with van der Waals surface area (Å²) in [5.41, 5.74) is 0. The van der Waals surface area contributed by atoms with Crippen molar-refractivity contribution in [3.05, 3.63) is 12.4 Å². The Morgan fingerprint density at radius 3 is 2.73 bits per heavy atom. The summed E-state index contributed by atoms with van der Waals surface area (Å²) >= 11 is 0. The van der Waals surface area contributed by atoms with Crippen LogP contribution < -0.4 is 4.74 Å². The largest absolute Gasteiger partial charge is 0.481 e. The van der Waals surface area contributed by atoms with Crippen LogP contribution in [0, 0.1) is 0 Å². The molecule has 1 aromatic rings. The highest BCUT2D eigenvalue weighted by Gasteiger charge is 2.06. The summed E-state index contributed by atoms with van der Waals surface area (Å²) in [6, 6.07) is 0.165. The van der Waals surface area contributed by atoms with E-state index in [4.69, 9.17) is 9.84 Å². The molecular weight excluding hydrogens is 200 g/mol. The fraction of sp³-hybridized carbons (Fsp3) is 0.444. The normalized spacial score (nSPS) is 9.87. The van der Waals surface area contributed by atoms with Gasteiger partial charge < -0.3 is 14.8 Å². The van der Waals surface area contributed by atoms with Gasteiger partial charge in [0.2, 0.25) is 0 Å². The summed E-state index contributed by atoms with van der Waals surface area (Å²) < 4.78 is 4.81. The number of H-pyrrole nitrogens is 1. The molecule has 82 valence electrons. The topological polar surface area (TPSA) is 92.3 Å². The maximum absolute atomic E-state index is 11.1. The lowest BCUT2D eigenvalue weighted by Gasteiger charge is -1.99. The van der Waals surface area contributed by atoms with Gasteiger partial charge in [-0.25, -0.2) is 4.98 Å². The van der Waals surface area contributed by atoms with Gasteiger partial charge in [0.1, 0.15) is 0 Å². The van der Waals surface area contributed by atoms with Crippen molar-refractivity contribution >= 4 is 11.9 Å². The predicted octanol–water partition coefficient (Wildman–Crippen LogP) is 0.960. The molecule has 6 nitrogen and oxygen atoms in total. The number of unbranched alkanes of at least 4 members (excludes halogenated alkanes) is 1. The number of imidazole rings is 1. The number of carboxylic acid groups (broad SMARTS) is 1. The van der Waals surface area contributed by atoms with Crippen molar-refractivity contribution in [3.8, 4) is 6.01 Å². The summed E-state index contributed by atoms with van der Waals surface area (Å²) in [5, 5.41) is 8.35. The van der Waals surface area contributed by atoms with Gasteiger partial charge in [-0.2, -0.15) is 0 Å². The van der Waals surface area contributed by atoms with Gasteiger partial charge in [0.25, 0.3) is 0 Å². The van der Waals surface area contributed by atoms with Crippen molar-refractivity contribution in [2.45, 2.75) is 25.7 Å². The number of aromatic amines is 1. The Labute approximate surface area is 86.3 Å². The number of esters is 1.